The van der Waals surface area contributed by atoms with E-state index in [2.05, 4.69) is 10.3 Å². The van der Waals surface area contributed by atoms with Gasteiger partial charge in [0.05, 0.1) is 23.4 Å². The molecule has 4 heterocycles. The molecule has 2 aliphatic heterocycles. The Balaban J connectivity index is 1.09. The lowest BCUT2D eigenvalue weighted by Gasteiger charge is -2.41. The molecule has 3 aromatic carbocycles. The van der Waals surface area contributed by atoms with Crippen molar-refractivity contribution in [2.75, 3.05) is 56.1 Å². The molecule has 1 fully saturated rings. The molecule has 1 amide bonds. The number of benzene rings is 3. The fourth-order valence-electron chi connectivity index (χ4n) is 7.71. The highest BCUT2D eigenvalue weighted by Gasteiger charge is 2.46. The van der Waals surface area contributed by atoms with Gasteiger partial charge in [0.25, 0.3) is 5.91 Å². The molecular formula is C44H47F3N6O6S. The first-order chi connectivity index (χ1) is 28.5. The van der Waals surface area contributed by atoms with Gasteiger partial charge in [0.2, 0.25) is 0 Å². The predicted octanol–water partition coefficient (Wildman–Crippen LogP) is 7.84. The lowest BCUT2D eigenvalue weighted by Crippen LogP contribution is -2.59. The lowest BCUT2D eigenvalue weighted by molar-refractivity contribution is -0.198. The van der Waals surface area contributed by atoms with Crippen LogP contribution in [-0.2, 0) is 22.5 Å². The monoisotopic (exact) mass is 844 g/mol. The lowest BCUT2D eigenvalue weighted by atomic mass is 9.94. The normalized spacial score (nSPS) is 16.4. The third-order valence-electron chi connectivity index (χ3n) is 10.6. The molecule has 0 spiro atoms. The number of carbonyl (C=O) groups is 3. The highest BCUT2D eigenvalue weighted by Crippen LogP contribution is 2.36. The van der Waals surface area contributed by atoms with E-state index < -0.39 is 42.8 Å². The van der Waals surface area contributed by atoms with E-state index in [0.29, 0.717) is 64.9 Å². The first-order valence-electron chi connectivity index (χ1n) is 19.8. The van der Waals surface area contributed by atoms with Crippen LogP contribution in [-0.4, -0.2) is 106 Å². The second-order valence-corrected chi connectivity index (χ2v) is 17.0. The van der Waals surface area contributed by atoms with Crippen LogP contribution < -0.4 is 15.0 Å². The Hall–Kier alpha value is -5.58. The number of alkyl halides is 3. The number of hydrogen-bond donors (Lipinski definition) is 2. The molecule has 2 aromatic heterocycles. The average molecular weight is 845 g/mol. The molecule has 1 saturated heterocycles. The third-order valence-corrected chi connectivity index (χ3v) is 11.5. The van der Waals surface area contributed by atoms with Crippen molar-refractivity contribution in [2.24, 2.45) is 0 Å². The number of nitrogens with zero attached hydrogens (tertiary/aromatic N) is 5. The van der Waals surface area contributed by atoms with Gasteiger partial charge >= 0.3 is 18.1 Å². The molecule has 2 N–H and O–H groups in total. The summed E-state index contributed by atoms with van der Waals surface area (Å²) < 4.78 is 54.8. The zero-order chi connectivity index (χ0) is 42.8. The minimum Gasteiger partial charge on any atom is -0.493 e. The standard InChI is InChI=1S/C44H47F3N6O6S/c1-27-29(11-8-14-34(27)58-23-9-19-52-22-21-51(26-38(54)55)25-36(52)44(45,46)47)30-16-17-37(49-39(30)41(57)59-43(2,3)4)53-20-18-28-10-7-12-31(32(28)24-53)40(56)50-42-48-33-13-5-6-15-35(33)60-42/h5-8,10-17,36H,9,18-26H2,1-4H3,(H,54,55)(H,48,50,56)/t36-/m1/s1. The number of fused-ring (bicyclic) bond motifs is 2. The van der Waals surface area contributed by atoms with Gasteiger partial charge in [-0.25, -0.2) is 14.8 Å². The van der Waals surface area contributed by atoms with E-state index >= 15 is 0 Å². The summed E-state index contributed by atoms with van der Waals surface area (Å²) in [6.45, 7) is 7.90. The van der Waals surface area contributed by atoms with Gasteiger partial charge in [0, 0.05) is 50.4 Å². The molecule has 1 atom stereocenters. The second-order valence-electron chi connectivity index (χ2n) is 16.0. The molecule has 12 nitrogen and oxygen atoms in total. The number of carboxylic acid groups (broad SMARTS) is 1. The minimum atomic E-state index is -4.51. The average Bonchev–Trinajstić information content (AvgIpc) is 3.61. The molecule has 5 aromatic rings. The van der Waals surface area contributed by atoms with Crippen LogP contribution >= 0.6 is 11.3 Å². The quantitative estimate of drug-likeness (QED) is 0.0939. The largest absolute Gasteiger partial charge is 0.493 e. The smallest absolute Gasteiger partial charge is 0.405 e. The van der Waals surface area contributed by atoms with E-state index in [0.717, 1.165) is 21.3 Å². The molecule has 0 radical (unpaired) electrons. The summed E-state index contributed by atoms with van der Waals surface area (Å²) in [5.74, 6) is -0.982. The van der Waals surface area contributed by atoms with E-state index in [1.54, 1.807) is 39.0 Å². The van der Waals surface area contributed by atoms with Gasteiger partial charge in [-0.1, -0.05) is 47.7 Å². The summed E-state index contributed by atoms with van der Waals surface area (Å²) in [6, 6.07) is 20.7. The van der Waals surface area contributed by atoms with Gasteiger partial charge in [0.1, 0.15) is 23.2 Å². The van der Waals surface area contributed by atoms with Crippen molar-refractivity contribution in [1.29, 1.82) is 0 Å². The fourth-order valence-corrected chi connectivity index (χ4v) is 8.57. The van der Waals surface area contributed by atoms with Gasteiger partial charge in [-0.15, -0.1) is 0 Å². The number of anilines is 2. The van der Waals surface area contributed by atoms with Crippen molar-refractivity contribution in [2.45, 2.75) is 64.9 Å². The van der Waals surface area contributed by atoms with Crippen LogP contribution in [0.3, 0.4) is 0 Å². The molecule has 2 aliphatic rings. The van der Waals surface area contributed by atoms with Gasteiger partial charge in [-0.3, -0.25) is 24.7 Å². The van der Waals surface area contributed by atoms with Crippen LogP contribution in [0.4, 0.5) is 24.1 Å². The van der Waals surface area contributed by atoms with Gasteiger partial charge in [-0.2, -0.15) is 13.2 Å². The molecule has 0 bridgehead atoms. The van der Waals surface area contributed by atoms with E-state index in [1.165, 1.54) is 21.1 Å². The summed E-state index contributed by atoms with van der Waals surface area (Å²) in [6.07, 6.45) is -3.55. The zero-order valence-corrected chi connectivity index (χ0v) is 34.7. The number of piperazine rings is 1. The number of rotatable bonds is 12. The number of halogens is 3. The number of esters is 1. The minimum absolute atomic E-state index is 0.0912. The van der Waals surface area contributed by atoms with Gasteiger partial charge in [-0.05, 0) is 99.2 Å². The van der Waals surface area contributed by atoms with Gasteiger partial charge < -0.3 is 19.5 Å². The Kier molecular flexibility index (Phi) is 12.5. The first-order valence-corrected chi connectivity index (χ1v) is 20.6. The van der Waals surface area contributed by atoms with Crippen molar-refractivity contribution in [3.05, 3.63) is 101 Å². The van der Waals surface area contributed by atoms with E-state index in [1.807, 2.05) is 66.4 Å². The number of hydrogen-bond acceptors (Lipinski definition) is 11. The van der Waals surface area contributed by atoms with E-state index in [-0.39, 0.29) is 37.8 Å². The molecule has 16 heteroatoms. The van der Waals surface area contributed by atoms with Crippen molar-refractivity contribution < 1.29 is 42.1 Å². The Morgan fingerprint density at radius 3 is 2.47 bits per heavy atom. The van der Waals surface area contributed by atoms with Crippen LogP contribution in [0.5, 0.6) is 5.75 Å². The number of ether oxygens (including phenoxy) is 2. The number of pyridine rings is 1. The number of para-hydroxylation sites is 1. The molecule has 0 aliphatic carbocycles. The Morgan fingerprint density at radius 1 is 0.933 bits per heavy atom. The molecule has 60 heavy (non-hydrogen) atoms. The van der Waals surface area contributed by atoms with Crippen molar-refractivity contribution in [3.8, 4) is 16.9 Å². The highest BCUT2D eigenvalue weighted by molar-refractivity contribution is 7.22. The van der Waals surface area contributed by atoms with Crippen molar-refractivity contribution in [1.82, 2.24) is 19.8 Å². The predicted molar refractivity (Wildman–Crippen MR) is 224 cm³/mol. The maximum absolute atomic E-state index is 13.9. The molecular weight excluding hydrogens is 798 g/mol. The number of aliphatic carboxylic acids is 1. The van der Waals surface area contributed by atoms with Crippen LogP contribution in [0.15, 0.2) is 72.8 Å². The van der Waals surface area contributed by atoms with Crippen LogP contribution in [0.2, 0.25) is 0 Å². The van der Waals surface area contributed by atoms with Crippen molar-refractivity contribution in [3.63, 3.8) is 0 Å². The molecule has 316 valence electrons. The first kappa shape index (κ1) is 42.5. The number of amides is 1. The van der Waals surface area contributed by atoms with Crippen LogP contribution in [0.1, 0.15) is 64.7 Å². The summed E-state index contributed by atoms with van der Waals surface area (Å²) in [7, 11) is 0. The highest BCUT2D eigenvalue weighted by atomic mass is 32.1. The Labute approximate surface area is 349 Å². The maximum atomic E-state index is 13.9. The second kappa shape index (κ2) is 17.6. The molecule has 0 unspecified atom stereocenters. The third kappa shape index (κ3) is 9.88. The summed E-state index contributed by atoms with van der Waals surface area (Å²) in [4.78, 5) is 52.8. The van der Waals surface area contributed by atoms with Crippen molar-refractivity contribution >= 4 is 50.3 Å². The van der Waals surface area contributed by atoms with E-state index in [4.69, 9.17) is 19.6 Å². The van der Waals surface area contributed by atoms with E-state index in [9.17, 15) is 27.6 Å². The van der Waals surface area contributed by atoms with Crippen LogP contribution in [0, 0.1) is 6.92 Å². The summed E-state index contributed by atoms with van der Waals surface area (Å²) in [5.41, 5.74) is 4.47. The SMILES string of the molecule is Cc1c(OCCCN2CCN(CC(=O)O)C[C@@H]2C(F)(F)F)cccc1-c1ccc(N2CCc3cccc(C(=O)Nc4nc5ccccc5s4)c3C2)nc1C(=O)OC(C)(C)C. The summed E-state index contributed by atoms with van der Waals surface area (Å²) >= 11 is 1.41. The Morgan fingerprint density at radius 2 is 1.72 bits per heavy atom. The zero-order valence-electron chi connectivity index (χ0n) is 33.8. The number of nitrogens with one attached hydrogen (secondary N) is 1. The fraction of sp³-hybridized carbons (Fsp3) is 0.386. The topological polar surface area (TPSA) is 137 Å². The maximum Gasteiger partial charge on any atom is 0.405 e. The van der Waals surface area contributed by atoms with Crippen LogP contribution in [0.25, 0.3) is 21.3 Å². The number of carboxylic acids is 1. The Bertz CT molecular complexity index is 2370. The summed E-state index contributed by atoms with van der Waals surface area (Å²) in [5, 5.41) is 12.6. The number of thiazole rings is 1. The molecule has 7 rings (SSSR count). The van der Waals surface area contributed by atoms with Gasteiger partial charge in [0.15, 0.2) is 10.8 Å². The number of carbonyl (C=O) groups excluding carboxylic acids is 2. The molecule has 0 saturated carbocycles. The number of aromatic nitrogens is 2.